The summed E-state index contributed by atoms with van der Waals surface area (Å²) in [6.45, 7) is 3.03. The maximum Gasteiger partial charge on any atom is 0.407 e. The lowest BCUT2D eigenvalue weighted by molar-refractivity contribution is -0.149. The smallest absolute Gasteiger partial charge is 0.316 e. The van der Waals surface area contributed by atoms with Crippen molar-refractivity contribution in [3.8, 4) is 0 Å². The molecule has 0 aromatic carbocycles. The number of hydrogen-bond donors (Lipinski definition) is 1. The van der Waals surface area contributed by atoms with Crippen molar-refractivity contribution >= 4 is 11.6 Å². The molecule has 0 saturated carbocycles. The molecule has 1 aromatic heterocycles. The van der Waals surface area contributed by atoms with E-state index in [0.717, 1.165) is 0 Å². The molecule has 0 aliphatic heterocycles. The highest BCUT2D eigenvalue weighted by Gasteiger charge is 2.40. The topological polar surface area (TPSA) is 51.8 Å². The molecule has 1 unspecified atom stereocenters. The summed E-state index contributed by atoms with van der Waals surface area (Å²) < 4.78 is 37.2. The van der Waals surface area contributed by atoms with Crippen molar-refractivity contribution < 1.29 is 13.2 Å². The van der Waals surface area contributed by atoms with E-state index in [1.165, 1.54) is 6.92 Å². The molecule has 3 nitrogen and oxygen atoms in total. The van der Waals surface area contributed by atoms with Crippen LogP contribution in [0.2, 0.25) is 5.15 Å². The van der Waals surface area contributed by atoms with Crippen molar-refractivity contribution in [1.82, 2.24) is 10.2 Å². The number of aromatic nitrogens is 2. The fraction of sp³-hybridized carbons (Fsp3) is 0.500. The number of nitrogens with two attached hydrogens (primary N) is 1. The van der Waals surface area contributed by atoms with Crippen LogP contribution in [0.5, 0.6) is 0 Å². The number of rotatable bonds is 1. The zero-order valence-electron chi connectivity index (χ0n) is 8.06. The molecule has 1 rings (SSSR count). The van der Waals surface area contributed by atoms with Crippen molar-refractivity contribution in [2.75, 3.05) is 0 Å². The van der Waals surface area contributed by atoms with Gasteiger partial charge in [-0.15, -0.1) is 5.10 Å². The summed E-state index contributed by atoms with van der Waals surface area (Å²) in [6, 6.07) is -2.13. The molecule has 7 heteroatoms. The number of hydrogen-bond acceptors (Lipinski definition) is 3. The molecular formula is C8H9ClF3N3. The number of halogens is 4. The molecule has 1 atom stereocenters. The Morgan fingerprint density at radius 3 is 2.27 bits per heavy atom. The number of nitrogens with zero attached hydrogens (tertiary/aromatic N) is 2. The van der Waals surface area contributed by atoms with E-state index in [1.54, 1.807) is 6.92 Å². The van der Waals surface area contributed by atoms with Gasteiger partial charge in [0.15, 0.2) is 5.15 Å². The van der Waals surface area contributed by atoms with Gasteiger partial charge in [0.25, 0.3) is 0 Å². The van der Waals surface area contributed by atoms with Gasteiger partial charge in [-0.1, -0.05) is 11.6 Å². The van der Waals surface area contributed by atoms with Crippen molar-refractivity contribution in [3.05, 3.63) is 22.0 Å². The molecule has 0 spiro atoms. The van der Waals surface area contributed by atoms with Crippen molar-refractivity contribution in [2.45, 2.75) is 26.1 Å². The standard InChI is InChI=1S/C8H9ClF3N3/c1-3-4(2)14-15-7(9)5(3)6(13)8(10,11)12/h6H,13H2,1-2H3. The molecule has 0 aliphatic rings. The molecule has 0 radical (unpaired) electrons. The van der Waals surface area contributed by atoms with Gasteiger partial charge in [0, 0.05) is 5.56 Å². The van der Waals surface area contributed by atoms with E-state index in [2.05, 4.69) is 10.2 Å². The summed E-state index contributed by atoms with van der Waals surface area (Å²) in [6.07, 6.45) is -4.54. The van der Waals surface area contributed by atoms with E-state index in [-0.39, 0.29) is 10.7 Å². The molecule has 0 amide bonds. The lowest BCUT2D eigenvalue weighted by Crippen LogP contribution is -2.30. The van der Waals surface area contributed by atoms with Gasteiger partial charge in [0.1, 0.15) is 6.04 Å². The van der Waals surface area contributed by atoms with E-state index < -0.39 is 12.2 Å². The number of alkyl halides is 3. The Bertz CT molecular complexity index is 378. The molecule has 1 heterocycles. The van der Waals surface area contributed by atoms with Gasteiger partial charge >= 0.3 is 6.18 Å². The van der Waals surface area contributed by atoms with Crippen LogP contribution in [0.3, 0.4) is 0 Å². The Labute approximate surface area is 89.4 Å². The monoisotopic (exact) mass is 239 g/mol. The highest BCUT2D eigenvalue weighted by Crippen LogP contribution is 2.35. The van der Waals surface area contributed by atoms with E-state index >= 15 is 0 Å². The van der Waals surface area contributed by atoms with Gasteiger partial charge in [-0.3, -0.25) is 0 Å². The normalized spacial score (nSPS) is 14.1. The SMILES string of the molecule is Cc1nnc(Cl)c(C(N)C(F)(F)F)c1C. The van der Waals surface area contributed by atoms with Crippen LogP contribution in [0.15, 0.2) is 0 Å². The van der Waals surface area contributed by atoms with E-state index in [1.807, 2.05) is 0 Å². The van der Waals surface area contributed by atoms with Crippen molar-refractivity contribution in [1.29, 1.82) is 0 Å². The van der Waals surface area contributed by atoms with Crippen molar-refractivity contribution in [2.24, 2.45) is 5.73 Å². The first-order valence-electron chi connectivity index (χ1n) is 4.06. The van der Waals surface area contributed by atoms with Crippen LogP contribution in [0, 0.1) is 13.8 Å². The molecule has 1 aromatic rings. The molecule has 0 aliphatic carbocycles. The summed E-state index contributed by atoms with van der Waals surface area (Å²) in [7, 11) is 0. The molecule has 0 saturated heterocycles. The van der Waals surface area contributed by atoms with Gasteiger partial charge < -0.3 is 5.73 Å². The minimum atomic E-state index is -4.54. The van der Waals surface area contributed by atoms with Gasteiger partial charge in [-0.25, -0.2) is 0 Å². The summed E-state index contributed by atoms with van der Waals surface area (Å²) in [5, 5.41) is 6.71. The second-order valence-corrected chi connectivity index (χ2v) is 3.49. The van der Waals surface area contributed by atoms with Crippen LogP contribution in [0.25, 0.3) is 0 Å². The van der Waals surface area contributed by atoms with Crippen molar-refractivity contribution in [3.63, 3.8) is 0 Å². The Morgan fingerprint density at radius 2 is 1.80 bits per heavy atom. The van der Waals surface area contributed by atoms with Gasteiger partial charge in [-0.05, 0) is 19.4 Å². The number of aryl methyl sites for hydroxylation is 1. The third-order valence-electron chi connectivity index (χ3n) is 2.12. The minimum absolute atomic E-state index is 0.211. The minimum Gasteiger partial charge on any atom is -0.316 e. The highest BCUT2D eigenvalue weighted by atomic mass is 35.5. The Morgan fingerprint density at radius 1 is 1.27 bits per heavy atom. The first-order valence-corrected chi connectivity index (χ1v) is 4.44. The first-order chi connectivity index (χ1) is 6.75. The Kier molecular flexibility index (Phi) is 3.20. The van der Waals surface area contributed by atoms with Crippen LogP contribution in [0.1, 0.15) is 22.9 Å². The summed E-state index contributed by atoms with van der Waals surface area (Å²) in [5.41, 5.74) is 5.56. The lowest BCUT2D eigenvalue weighted by atomic mass is 10.0. The van der Waals surface area contributed by atoms with Gasteiger partial charge in [0.2, 0.25) is 0 Å². The molecular weight excluding hydrogens is 231 g/mol. The third-order valence-corrected chi connectivity index (χ3v) is 2.40. The molecule has 84 valence electrons. The maximum absolute atomic E-state index is 12.4. The average Bonchev–Trinajstić information content (AvgIpc) is 2.10. The van der Waals surface area contributed by atoms with Crippen LogP contribution in [-0.4, -0.2) is 16.4 Å². The van der Waals surface area contributed by atoms with Crippen LogP contribution < -0.4 is 5.73 Å². The van der Waals surface area contributed by atoms with Crippen LogP contribution in [-0.2, 0) is 0 Å². The van der Waals surface area contributed by atoms with E-state index in [0.29, 0.717) is 11.3 Å². The highest BCUT2D eigenvalue weighted by molar-refractivity contribution is 6.30. The summed E-state index contributed by atoms with van der Waals surface area (Å²) >= 11 is 5.55. The maximum atomic E-state index is 12.4. The Hall–Kier alpha value is -0.880. The van der Waals surface area contributed by atoms with E-state index in [9.17, 15) is 13.2 Å². The quantitative estimate of drug-likeness (QED) is 0.818. The molecule has 15 heavy (non-hydrogen) atoms. The first kappa shape index (κ1) is 12.2. The fourth-order valence-electron chi connectivity index (χ4n) is 1.12. The van der Waals surface area contributed by atoms with Gasteiger partial charge in [0.05, 0.1) is 5.69 Å². The van der Waals surface area contributed by atoms with Crippen LogP contribution in [0.4, 0.5) is 13.2 Å². The fourth-order valence-corrected chi connectivity index (χ4v) is 1.42. The zero-order valence-corrected chi connectivity index (χ0v) is 8.82. The second-order valence-electron chi connectivity index (χ2n) is 3.13. The van der Waals surface area contributed by atoms with E-state index in [4.69, 9.17) is 17.3 Å². The molecule has 2 N–H and O–H groups in total. The average molecular weight is 240 g/mol. The zero-order chi connectivity index (χ0) is 11.8. The lowest BCUT2D eigenvalue weighted by Gasteiger charge is -2.19. The second kappa shape index (κ2) is 3.94. The summed E-state index contributed by atoms with van der Waals surface area (Å²) in [4.78, 5) is 0. The largest absolute Gasteiger partial charge is 0.407 e. The van der Waals surface area contributed by atoms with Gasteiger partial charge in [-0.2, -0.15) is 18.3 Å². The predicted molar refractivity (Wildman–Crippen MR) is 49.5 cm³/mol. The molecule has 0 bridgehead atoms. The Balaban J connectivity index is 3.31. The third kappa shape index (κ3) is 2.38. The van der Waals surface area contributed by atoms with Crippen LogP contribution >= 0.6 is 11.6 Å². The predicted octanol–water partition coefficient (Wildman–Crippen LogP) is 2.31. The summed E-state index contributed by atoms with van der Waals surface area (Å²) in [5.74, 6) is 0. The molecule has 0 fully saturated rings.